The Morgan fingerprint density at radius 3 is 2.52 bits per heavy atom. The Bertz CT molecular complexity index is 965. The highest BCUT2D eigenvalue weighted by Crippen LogP contribution is 2.24. The van der Waals surface area contributed by atoms with Gasteiger partial charge in [0.2, 0.25) is 10.0 Å². The summed E-state index contributed by atoms with van der Waals surface area (Å²) in [5.41, 5.74) is 0.577. The minimum atomic E-state index is -3.69. The van der Waals surface area contributed by atoms with E-state index in [-0.39, 0.29) is 23.5 Å². The Kier molecular flexibility index (Phi) is 5.83. The van der Waals surface area contributed by atoms with E-state index >= 15 is 0 Å². The summed E-state index contributed by atoms with van der Waals surface area (Å²) >= 11 is 5.92. The normalized spacial score (nSPS) is 16.2. The number of halogens is 2. The van der Waals surface area contributed by atoms with Crippen LogP contribution < -0.4 is 0 Å². The van der Waals surface area contributed by atoms with Gasteiger partial charge in [-0.05, 0) is 49.2 Å². The highest BCUT2D eigenvalue weighted by Gasteiger charge is 2.30. The van der Waals surface area contributed by atoms with Crippen molar-refractivity contribution in [1.82, 2.24) is 9.21 Å². The summed E-state index contributed by atoms with van der Waals surface area (Å²) in [6.07, 6.45) is 0.478. The van der Waals surface area contributed by atoms with Crippen LogP contribution in [0.25, 0.3) is 0 Å². The van der Waals surface area contributed by atoms with Crippen molar-refractivity contribution in [3.8, 4) is 0 Å². The molecule has 27 heavy (non-hydrogen) atoms. The van der Waals surface area contributed by atoms with E-state index in [0.29, 0.717) is 30.1 Å². The van der Waals surface area contributed by atoms with Crippen molar-refractivity contribution >= 4 is 27.5 Å². The lowest BCUT2D eigenvalue weighted by Crippen LogP contribution is -2.37. The molecule has 1 amide bonds. The Hall–Kier alpha value is -1.96. The van der Waals surface area contributed by atoms with Gasteiger partial charge in [-0.1, -0.05) is 23.7 Å². The molecule has 1 saturated heterocycles. The van der Waals surface area contributed by atoms with Crippen molar-refractivity contribution in [3.63, 3.8) is 0 Å². The molecule has 0 aliphatic carbocycles. The van der Waals surface area contributed by atoms with E-state index in [1.54, 1.807) is 25.1 Å². The third-order valence-electron chi connectivity index (χ3n) is 4.60. The van der Waals surface area contributed by atoms with E-state index in [2.05, 4.69) is 0 Å². The zero-order valence-corrected chi connectivity index (χ0v) is 16.4. The lowest BCUT2D eigenvalue weighted by molar-refractivity contribution is 0.0759. The maximum atomic E-state index is 13.9. The summed E-state index contributed by atoms with van der Waals surface area (Å²) in [6, 6.07) is 10.5. The molecule has 1 heterocycles. The third-order valence-corrected chi connectivity index (χ3v) is 6.90. The molecule has 144 valence electrons. The van der Waals surface area contributed by atoms with Crippen molar-refractivity contribution in [2.45, 2.75) is 18.2 Å². The maximum Gasteiger partial charge on any atom is 0.256 e. The lowest BCUT2D eigenvalue weighted by atomic mass is 10.2. The number of amides is 1. The summed E-state index contributed by atoms with van der Waals surface area (Å²) in [5, 5.41) is 0.476. The number of aryl methyl sites for hydroxylation is 1. The van der Waals surface area contributed by atoms with Gasteiger partial charge in [0.15, 0.2) is 0 Å². The van der Waals surface area contributed by atoms with Gasteiger partial charge in [0, 0.05) is 31.2 Å². The van der Waals surface area contributed by atoms with Gasteiger partial charge in [-0.25, -0.2) is 12.8 Å². The summed E-state index contributed by atoms with van der Waals surface area (Å²) in [5.74, 6) is -0.997. The van der Waals surface area contributed by atoms with Crippen LogP contribution in [-0.4, -0.2) is 49.7 Å². The quantitative estimate of drug-likeness (QED) is 0.779. The van der Waals surface area contributed by atoms with Crippen molar-refractivity contribution in [1.29, 1.82) is 0 Å². The molecule has 3 rings (SSSR count). The lowest BCUT2D eigenvalue weighted by Gasteiger charge is -2.22. The molecule has 1 aliphatic rings. The molecule has 0 unspecified atom stereocenters. The minimum Gasteiger partial charge on any atom is -0.337 e. The van der Waals surface area contributed by atoms with Crippen LogP contribution in [0.1, 0.15) is 22.3 Å². The summed E-state index contributed by atoms with van der Waals surface area (Å²) < 4.78 is 41.3. The molecule has 0 aromatic heterocycles. The zero-order valence-electron chi connectivity index (χ0n) is 14.9. The first kappa shape index (κ1) is 19.8. The first-order valence-corrected chi connectivity index (χ1v) is 10.4. The highest BCUT2D eigenvalue weighted by atomic mass is 35.5. The van der Waals surface area contributed by atoms with E-state index in [1.807, 2.05) is 0 Å². The van der Waals surface area contributed by atoms with E-state index in [9.17, 15) is 17.6 Å². The fourth-order valence-electron chi connectivity index (χ4n) is 3.18. The van der Waals surface area contributed by atoms with E-state index in [4.69, 9.17) is 11.6 Å². The van der Waals surface area contributed by atoms with E-state index in [1.165, 1.54) is 33.5 Å². The van der Waals surface area contributed by atoms with Gasteiger partial charge in [-0.3, -0.25) is 4.79 Å². The third kappa shape index (κ3) is 4.15. The molecule has 1 fully saturated rings. The summed E-state index contributed by atoms with van der Waals surface area (Å²) in [7, 11) is -3.69. The van der Waals surface area contributed by atoms with Crippen LogP contribution in [0.5, 0.6) is 0 Å². The monoisotopic (exact) mass is 410 g/mol. The second-order valence-corrected chi connectivity index (χ2v) is 8.78. The molecule has 2 aromatic rings. The Morgan fingerprint density at radius 2 is 1.81 bits per heavy atom. The molecular formula is C19H20ClFN2O3S. The predicted octanol–water partition coefficient (Wildman–Crippen LogP) is 3.32. The molecule has 0 radical (unpaired) electrons. The van der Waals surface area contributed by atoms with E-state index < -0.39 is 21.7 Å². The number of sulfonamides is 1. The van der Waals surface area contributed by atoms with Crippen LogP contribution >= 0.6 is 11.6 Å². The van der Waals surface area contributed by atoms with Gasteiger partial charge in [-0.15, -0.1) is 0 Å². The molecule has 8 heteroatoms. The van der Waals surface area contributed by atoms with Gasteiger partial charge in [0.05, 0.1) is 10.5 Å². The summed E-state index contributed by atoms with van der Waals surface area (Å²) in [4.78, 5) is 14.3. The standard InChI is InChI=1S/C19H20ClFN2O3S/c1-14-13-15(20)7-8-18(14)27(25,26)23-10-4-9-22(11-12-23)19(24)16-5-2-3-6-17(16)21/h2-3,5-8,13H,4,9-12H2,1H3. The van der Waals surface area contributed by atoms with Crippen molar-refractivity contribution in [3.05, 3.63) is 64.4 Å². The molecule has 0 atom stereocenters. The number of hydrogen-bond acceptors (Lipinski definition) is 3. The maximum absolute atomic E-state index is 13.9. The number of carbonyl (C=O) groups is 1. The van der Waals surface area contributed by atoms with Crippen LogP contribution in [0.2, 0.25) is 5.02 Å². The topological polar surface area (TPSA) is 57.7 Å². The van der Waals surface area contributed by atoms with Crippen LogP contribution in [0.15, 0.2) is 47.4 Å². The van der Waals surface area contributed by atoms with Gasteiger partial charge < -0.3 is 4.90 Å². The van der Waals surface area contributed by atoms with Crippen molar-refractivity contribution in [2.24, 2.45) is 0 Å². The average molecular weight is 411 g/mol. The predicted molar refractivity (Wildman–Crippen MR) is 102 cm³/mol. The number of rotatable bonds is 3. The number of benzene rings is 2. The molecule has 5 nitrogen and oxygen atoms in total. The molecular weight excluding hydrogens is 391 g/mol. The van der Waals surface area contributed by atoms with Gasteiger partial charge in [0.1, 0.15) is 5.82 Å². The fraction of sp³-hybridized carbons (Fsp3) is 0.316. The largest absolute Gasteiger partial charge is 0.337 e. The molecule has 2 aromatic carbocycles. The number of nitrogens with zero attached hydrogens (tertiary/aromatic N) is 2. The van der Waals surface area contributed by atoms with Gasteiger partial charge in [-0.2, -0.15) is 4.31 Å². The smallest absolute Gasteiger partial charge is 0.256 e. The SMILES string of the molecule is Cc1cc(Cl)ccc1S(=O)(=O)N1CCCN(C(=O)c2ccccc2F)CC1. The van der Waals surface area contributed by atoms with Crippen molar-refractivity contribution < 1.29 is 17.6 Å². The Labute approximate surface area is 163 Å². The van der Waals surface area contributed by atoms with Gasteiger partial charge >= 0.3 is 0 Å². The fourth-order valence-corrected chi connectivity index (χ4v) is 5.09. The second-order valence-electron chi connectivity index (χ2n) is 6.44. The zero-order chi connectivity index (χ0) is 19.6. The van der Waals surface area contributed by atoms with Gasteiger partial charge in [0.25, 0.3) is 5.91 Å². The van der Waals surface area contributed by atoms with Crippen LogP contribution in [0.3, 0.4) is 0 Å². The summed E-state index contributed by atoms with van der Waals surface area (Å²) in [6.45, 7) is 2.73. The molecule has 0 bridgehead atoms. The minimum absolute atomic E-state index is 0.00218. The molecule has 0 saturated carbocycles. The molecule has 0 N–H and O–H groups in total. The number of carbonyl (C=O) groups excluding carboxylic acids is 1. The Balaban J connectivity index is 1.78. The van der Waals surface area contributed by atoms with Crippen LogP contribution in [-0.2, 0) is 10.0 Å². The van der Waals surface area contributed by atoms with Crippen LogP contribution in [0, 0.1) is 12.7 Å². The number of hydrogen-bond donors (Lipinski definition) is 0. The average Bonchev–Trinajstić information content (AvgIpc) is 2.88. The Morgan fingerprint density at radius 1 is 1.07 bits per heavy atom. The molecule has 1 aliphatic heterocycles. The highest BCUT2D eigenvalue weighted by molar-refractivity contribution is 7.89. The second kappa shape index (κ2) is 7.96. The first-order valence-electron chi connectivity index (χ1n) is 8.61. The van der Waals surface area contributed by atoms with Crippen molar-refractivity contribution in [2.75, 3.05) is 26.2 Å². The van der Waals surface area contributed by atoms with E-state index in [0.717, 1.165) is 0 Å². The first-order chi connectivity index (χ1) is 12.8. The molecule has 0 spiro atoms. The van der Waals surface area contributed by atoms with Crippen LogP contribution in [0.4, 0.5) is 4.39 Å².